The number of nitrogens with zero attached hydrogens (tertiary/aromatic N) is 2. The number of benzene rings is 2. The maximum atomic E-state index is 12.7. The summed E-state index contributed by atoms with van der Waals surface area (Å²) in [5.74, 6) is 1.61. The molecule has 0 aliphatic heterocycles. The number of carbonyl (C=O) groups is 1. The number of aryl methyl sites for hydroxylation is 2. The fourth-order valence-corrected chi connectivity index (χ4v) is 5.42. The van der Waals surface area contributed by atoms with Gasteiger partial charge >= 0.3 is 0 Å². The van der Waals surface area contributed by atoms with Crippen molar-refractivity contribution in [2.45, 2.75) is 25.7 Å². The van der Waals surface area contributed by atoms with E-state index in [1.807, 2.05) is 24.3 Å². The first kappa shape index (κ1) is 21.2. The minimum Gasteiger partial charge on any atom is -0.494 e. The van der Waals surface area contributed by atoms with E-state index in [2.05, 4.69) is 20.6 Å². The van der Waals surface area contributed by atoms with Crippen molar-refractivity contribution in [2.24, 2.45) is 0 Å². The predicted molar refractivity (Wildman–Crippen MR) is 131 cm³/mol. The molecule has 5 rings (SSSR count). The highest BCUT2D eigenvalue weighted by Gasteiger charge is 2.21. The van der Waals surface area contributed by atoms with Gasteiger partial charge in [0, 0.05) is 22.6 Å². The van der Waals surface area contributed by atoms with Crippen LogP contribution in [0.3, 0.4) is 0 Å². The molecule has 2 aromatic carbocycles. The molecule has 0 spiro atoms. The van der Waals surface area contributed by atoms with E-state index in [-0.39, 0.29) is 5.91 Å². The zero-order valence-electron chi connectivity index (χ0n) is 18.5. The highest BCUT2D eigenvalue weighted by molar-refractivity contribution is 7.19. The van der Waals surface area contributed by atoms with Gasteiger partial charge in [-0.15, -0.1) is 11.3 Å². The van der Waals surface area contributed by atoms with E-state index in [4.69, 9.17) is 9.47 Å². The summed E-state index contributed by atoms with van der Waals surface area (Å²) >= 11 is 1.75. The third-order valence-electron chi connectivity index (χ3n) is 5.81. The first-order chi connectivity index (χ1) is 16.2. The van der Waals surface area contributed by atoms with Gasteiger partial charge in [-0.25, -0.2) is 9.97 Å². The lowest BCUT2D eigenvalue weighted by Gasteiger charge is -2.17. The number of thiophene rings is 1. The predicted octanol–water partition coefficient (Wildman–Crippen LogP) is 5.58. The minimum absolute atomic E-state index is 0.223. The monoisotopic (exact) mass is 460 g/mol. The summed E-state index contributed by atoms with van der Waals surface area (Å²) in [5.41, 5.74) is 3.13. The second-order valence-corrected chi connectivity index (χ2v) is 8.89. The molecule has 2 heterocycles. The number of anilines is 3. The van der Waals surface area contributed by atoms with Crippen LogP contribution in [0.5, 0.6) is 11.5 Å². The third-order valence-corrected chi connectivity index (χ3v) is 7.01. The number of fused-ring (bicyclic) bond motifs is 3. The van der Waals surface area contributed by atoms with Crippen molar-refractivity contribution in [3.8, 4) is 11.5 Å². The van der Waals surface area contributed by atoms with E-state index >= 15 is 0 Å². The molecule has 0 fully saturated rings. The molecule has 2 N–H and O–H groups in total. The highest BCUT2D eigenvalue weighted by atomic mass is 32.1. The van der Waals surface area contributed by atoms with Gasteiger partial charge in [0.15, 0.2) is 0 Å². The molecule has 0 radical (unpaired) electrons. The van der Waals surface area contributed by atoms with E-state index in [0.29, 0.717) is 28.4 Å². The Hall–Kier alpha value is -3.65. The van der Waals surface area contributed by atoms with Crippen molar-refractivity contribution in [3.05, 3.63) is 64.8 Å². The van der Waals surface area contributed by atoms with Crippen molar-refractivity contribution in [3.63, 3.8) is 0 Å². The number of aromatic nitrogens is 2. The lowest BCUT2D eigenvalue weighted by atomic mass is 9.97. The Morgan fingerprint density at radius 3 is 2.48 bits per heavy atom. The molecule has 8 heteroatoms. The van der Waals surface area contributed by atoms with Gasteiger partial charge in [-0.1, -0.05) is 18.2 Å². The Labute approximate surface area is 195 Å². The van der Waals surface area contributed by atoms with Gasteiger partial charge in [0.05, 0.1) is 31.0 Å². The van der Waals surface area contributed by atoms with Gasteiger partial charge in [-0.3, -0.25) is 4.79 Å². The molecule has 168 valence electrons. The van der Waals surface area contributed by atoms with Crippen molar-refractivity contribution < 1.29 is 14.3 Å². The molecule has 4 aromatic rings. The van der Waals surface area contributed by atoms with Crippen molar-refractivity contribution in [2.75, 3.05) is 24.9 Å². The normalized spacial score (nSPS) is 12.8. The van der Waals surface area contributed by atoms with Crippen LogP contribution in [0.15, 0.2) is 48.8 Å². The average molecular weight is 461 g/mol. The number of methoxy groups -OCH3 is 2. The van der Waals surface area contributed by atoms with E-state index in [0.717, 1.165) is 28.9 Å². The van der Waals surface area contributed by atoms with Crippen LogP contribution in [0, 0.1) is 0 Å². The molecular weight excluding hydrogens is 436 g/mol. The smallest absolute Gasteiger partial charge is 0.255 e. The SMILES string of the molecule is COc1cc(Nc2ncnc3sc4c(c23)CCCC4)c(OC)cc1NC(=O)c1ccccc1. The largest absolute Gasteiger partial charge is 0.494 e. The molecule has 0 saturated carbocycles. The van der Waals surface area contributed by atoms with Crippen LogP contribution in [0.25, 0.3) is 10.2 Å². The summed E-state index contributed by atoms with van der Waals surface area (Å²) < 4.78 is 11.2. The van der Waals surface area contributed by atoms with Crippen LogP contribution in [0.1, 0.15) is 33.6 Å². The molecule has 7 nitrogen and oxygen atoms in total. The fourth-order valence-electron chi connectivity index (χ4n) is 4.19. The molecule has 0 bridgehead atoms. The van der Waals surface area contributed by atoms with Crippen LogP contribution in [0.2, 0.25) is 0 Å². The second-order valence-electron chi connectivity index (χ2n) is 7.81. The Kier molecular flexibility index (Phi) is 5.83. The number of ether oxygens (including phenoxy) is 2. The summed E-state index contributed by atoms with van der Waals surface area (Å²) in [6, 6.07) is 12.6. The topological polar surface area (TPSA) is 85.4 Å². The Bertz CT molecular complexity index is 1320. The lowest BCUT2D eigenvalue weighted by Crippen LogP contribution is -2.13. The van der Waals surface area contributed by atoms with Gasteiger partial charge in [-0.2, -0.15) is 0 Å². The third kappa shape index (κ3) is 4.09. The van der Waals surface area contributed by atoms with Gasteiger partial charge in [0.2, 0.25) is 0 Å². The van der Waals surface area contributed by atoms with Gasteiger partial charge < -0.3 is 20.1 Å². The molecular formula is C25H24N4O3S. The number of carbonyl (C=O) groups excluding carboxylic acids is 1. The average Bonchev–Trinajstić information content (AvgIpc) is 3.24. The van der Waals surface area contributed by atoms with Crippen LogP contribution in [-0.2, 0) is 12.8 Å². The molecule has 33 heavy (non-hydrogen) atoms. The van der Waals surface area contributed by atoms with Crippen LogP contribution < -0.4 is 20.1 Å². The standard InChI is InChI=1S/C25H24N4O3S/c1-31-19-13-18(29-24(30)15-8-4-3-5-9-15)20(32-2)12-17(19)28-23-22-16-10-6-7-11-21(16)33-25(22)27-14-26-23/h3-5,8-9,12-14H,6-7,10-11H2,1-2H3,(H,29,30)(H,26,27,28). The van der Waals surface area contributed by atoms with Crippen molar-refractivity contribution in [1.29, 1.82) is 0 Å². The maximum Gasteiger partial charge on any atom is 0.255 e. The van der Waals surface area contributed by atoms with Crippen molar-refractivity contribution >= 4 is 44.7 Å². The summed E-state index contributed by atoms with van der Waals surface area (Å²) in [6.07, 6.45) is 6.13. The van der Waals surface area contributed by atoms with Gasteiger partial charge in [0.25, 0.3) is 5.91 Å². The van der Waals surface area contributed by atoms with Crippen LogP contribution >= 0.6 is 11.3 Å². The summed E-state index contributed by atoms with van der Waals surface area (Å²) in [4.78, 5) is 24.1. The fraction of sp³-hybridized carbons (Fsp3) is 0.240. The number of rotatable bonds is 6. The number of hydrogen-bond acceptors (Lipinski definition) is 7. The minimum atomic E-state index is -0.223. The van der Waals surface area contributed by atoms with E-state index in [1.54, 1.807) is 50.1 Å². The first-order valence-corrected chi connectivity index (χ1v) is 11.6. The Morgan fingerprint density at radius 2 is 1.70 bits per heavy atom. The second kappa shape index (κ2) is 9.07. The number of amides is 1. The molecule has 0 unspecified atom stereocenters. The van der Waals surface area contributed by atoms with E-state index < -0.39 is 0 Å². The lowest BCUT2D eigenvalue weighted by molar-refractivity contribution is 0.102. The Morgan fingerprint density at radius 1 is 0.970 bits per heavy atom. The Balaban J connectivity index is 1.50. The number of hydrogen-bond donors (Lipinski definition) is 2. The van der Waals surface area contributed by atoms with E-state index in [9.17, 15) is 4.79 Å². The zero-order chi connectivity index (χ0) is 22.8. The molecule has 1 aliphatic rings. The molecule has 1 aliphatic carbocycles. The first-order valence-electron chi connectivity index (χ1n) is 10.8. The number of nitrogens with one attached hydrogen (secondary N) is 2. The van der Waals surface area contributed by atoms with E-state index in [1.165, 1.54) is 23.3 Å². The quantitative estimate of drug-likeness (QED) is 0.391. The van der Waals surface area contributed by atoms with Gasteiger partial charge in [-0.05, 0) is 43.4 Å². The maximum absolute atomic E-state index is 12.7. The summed E-state index contributed by atoms with van der Waals surface area (Å²) in [6.45, 7) is 0. The van der Waals surface area contributed by atoms with Crippen molar-refractivity contribution in [1.82, 2.24) is 9.97 Å². The van der Waals surface area contributed by atoms with Crippen LogP contribution in [-0.4, -0.2) is 30.1 Å². The summed E-state index contributed by atoms with van der Waals surface area (Å²) in [5, 5.41) is 7.42. The highest BCUT2D eigenvalue weighted by Crippen LogP contribution is 2.42. The molecule has 0 atom stereocenters. The van der Waals surface area contributed by atoms with Gasteiger partial charge in [0.1, 0.15) is 28.5 Å². The van der Waals surface area contributed by atoms with Crippen LogP contribution in [0.4, 0.5) is 17.2 Å². The molecule has 0 saturated heterocycles. The molecule has 2 aromatic heterocycles. The molecule has 1 amide bonds. The zero-order valence-corrected chi connectivity index (χ0v) is 19.3. The summed E-state index contributed by atoms with van der Waals surface area (Å²) in [7, 11) is 3.17.